The molecule has 1 saturated carbocycles. The van der Waals surface area contributed by atoms with Crippen molar-refractivity contribution in [2.75, 3.05) is 6.54 Å². The van der Waals surface area contributed by atoms with Crippen LogP contribution in [-0.2, 0) is 10.2 Å². The molecule has 5 nitrogen and oxygen atoms in total. The summed E-state index contributed by atoms with van der Waals surface area (Å²) in [7, 11) is 0. The second-order valence-corrected chi connectivity index (χ2v) is 6.45. The molecule has 108 valence electrons. The SMILES string of the molecule is CC(C)(C)c1ccc(C(=O)NCC2(C(=O)O)CC2)nc1. The number of nitrogens with zero attached hydrogens (tertiary/aromatic N) is 1. The molecule has 0 aliphatic heterocycles. The Kier molecular flexibility index (Phi) is 3.54. The van der Waals surface area contributed by atoms with Gasteiger partial charge in [-0.3, -0.25) is 14.6 Å². The first-order chi connectivity index (χ1) is 9.24. The van der Waals surface area contributed by atoms with Crippen molar-refractivity contribution in [2.45, 2.75) is 39.0 Å². The first-order valence-electron chi connectivity index (χ1n) is 6.73. The molecule has 0 spiro atoms. The second-order valence-electron chi connectivity index (χ2n) is 6.45. The highest BCUT2D eigenvalue weighted by atomic mass is 16.4. The van der Waals surface area contributed by atoms with Crippen LogP contribution in [0.5, 0.6) is 0 Å². The fourth-order valence-corrected chi connectivity index (χ4v) is 1.93. The third kappa shape index (κ3) is 2.98. The quantitative estimate of drug-likeness (QED) is 0.881. The number of carboxylic acids is 1. The van der Waals surface area contributed by atoms with Gasteiger partial charge in [-0.1, -0.05) is 26.8 Å². The summed E-state index contributed by atoms with van der Waals surface area (Å²) in [6.45, 7) is 6.40. The summed E-state index contributed by atoms with van der Waals surface area (Å²) in [5.41, 5.74) is 0.613. The molecule has 0 radical (unpaired) electrons. The Morgan fingerprint density at radius 1 is 1.35 bits per heavy atom. The first kappa shape index (κ1) is 14.5. The van der Waals surface area contributed by atoms with E-state index in [9.17, 15) is 9.59 Å². The maximum Gasteiger partial charge on any atom is 0.311 e. The summed E-state index contributed by atoms with van der Waals surface area (Å²) < 4.78 is 0. The number of rotatable bonds is 4. The molecule has 0 bridgehead atoms. The molecule has 0 atom stereocenters. The van der Waals surface area contributed by atoms with Crippen LogP contribution in [0.15, 0.2) is 18.3 Å². The zero-order valence-corrected chi connectivity index (χ0v) is 12.1. The average molecular weight is 276 g/mol. The molecule has 1 aliphatic carbocycles. The van der Waals surface area contributed by atoms with Crippen molar-refractivity contribution < 1.29 is 14.7 Å². The predicted octanol–water partition coefficient (Wildman–Crippen LogP) is 1.97. The highest BCUT2D eigenvalue weighted by Crippen LogP contribution is 2.45. The fraction of sp³-hybridized carbons (Fsp3) is 0.533. The monoisotopic (exact) mass is 276 g/mol. The largest absolute Gasteiger partial charge is 0.481 e. The van der Waals surface area contributed by atoms with Crippen molar-refractivity contribution in [2.24, 2.45) is 5.41 Å². The number of aromatic nitrogens is 1. The number of hydrogen-bond donors (Lipinski definition) is 2. The van der Waals surface area contributed by atoms with Crippen molar-refractivity contribution in [1.29, 1.82) is 0 Å². The number of nitrogens with one attached hydrogen (secondary N) is 1. The number of carbonyl (C=O) groups excluding carboxylic acids is 1. The maximum absolute atomic E-state index is 11.9. The van der Waals surface area contributed by atoms with Gasteiger partial charge in [0.1, 0.15) is 5.69 Å². The number of amides is 1. The van der Waals surface area contributed by atoms with Gasteiger partial charge >= 0.3 is 5.97 Å². The van der Waals surface area contributed by atoms with E-state index in [1.807, 2.05) is 6.07 Å². The molecule has 1 aromatic rings. The molecule has 1 fully saturated rings. The lowest BCUT2D eigenvalue weighted by Crippen LogP contribution is -2.34. The lowest BCUT2D eigenvalue weighted by molar-refractivity contribution is -0.143. The minimum atomic E-state index is -0.839. The molecular formula is C15H20N2O3. The number of aliphatic carboxylic acids is 1. The number of pyridine rings is 1. The second kappa shape index (κ2) is 4.89. The highest BCUT2D eigenvalue weighted by molar-refractivity contribution is 5.92. The third-order valence-electron chi connectivity index (χ3n) is 3.76. The molecular weight excluding hydrogens is 256 g/mol. The average Bonchev–Trinajstić information content (AvgIpc) is 3.16. The Morgan fingerprint density at radius 3 is 2.40 bits per heavy atom. The summed E-state index contributed by atoms with van der Waals surface area (Å²) in [6, 6.07) is 3.56. The van der Waals surface area contributed by atoms with Gasteiger partial charge in [-0.2, -0.15) is 0 Å². The van der Waals surface area contributed by atoms with Gasteiger partial charge in [0.05, 0.1) is 5.41 Å². The molecule has 0 aromatic carbocycles. The number of carbonyl (C=O) groups is 2. The minimum Gasteiger partial charge on any atom is -0.481 e. The Balaban J connectivity index is 1.98. The normalized spacial score (nSPS) is 16.6. The highest BCUT2D eigenvalue weighted by Gasteiger charge is 2.50. The fourth-order valence-electron chi connectivity index (χ4n) is 1.93. The van der Waals surface area contributed by atoms with E-state index in [1.165, 1.54) is 0 Å². The molecule has 1 heterocycles. The number of hydrogen-bond acceptors (Lipinski definition) is 3. The maximum atomic E-state index is 11.9. The van der Waals surface area contributed by atoms with Crippen LogP contribution in [0.4, 0.5) is 0 Å². The zero-order valence-electron chi connectivity index (χ0n) is 12.1. The van der Waals surface area contributed by atoms with Crippen LogP contribution in [-0.4, -0.2) is 28.5 Å². The summed E-state index contributed by atoms with van der Waals surface area (Å²) >= 11 is 0. The standard InChI is InChI=1S/C15H20N2O3/c1-14(2,3)10-4-5-11(16-8-10)12(18)17-9-15(6-7-15)13(19)20/h4-5,8H,6-7,9H2,1-3H3,(H,17,18)(H,19,20). The van der Waals surface area contributed by atoms with Gasteiger partial charge in [0.2, 0.25) is 0 Å². The van der Waals surface area contributed by atoms with E-state index >= 15 is 0 Å². The summed E-state index contributed by atoms with van der Waals surface area (Å²) in [5, 5.41) is 11.7. The third-order valence-corrected chi connectivity index (χ3v) is 3.76. The Bertz CT molecular complexity index is 525. The van der Waals surface area contributed by atoms with Crippen LogP contribution < -0.4 is 5.32 Å². The molecule has 2 rings (SSSR count). The lowest BCUT2D eigenvalue weighted by Gasteiger charge is -2.18. The minimum absolute atomic E-state index is 0.0105. The molecule has 5 heteroatoms. The van der Waals surface area contributed by atoms with Crippen molar-refractivity contribution in [3.63, 3.8) is 0 Å². The molecule has 1 aliphatic rings. The summed E-state index contributed by atoms with van der Waals surface area (Å²) in [4.78, 5) is 27.1. The van der Waals surface area contributed by atoms with Crippen LogP contribution in [0.25, 0.3) is 0 Å². The predicted molar refractivity (Wildman–Crippen MR) is 74.6 cm³/mol. The molecule has 1 amide bonds. The van der Waals surface area contributed by atoms with Gasteiger partial charge in [0.15, 0.2) is 0 Å². The van der Waals surface area contributed by atoms with E-state index in [1.54, 1.807) is 12.3 Å². The number of carboxylic acid groups (broad SMARTS) is 1. The van der Waals surface area contributed by atoms with E-state index in [-0.39, 0.29) is 17.9 Å². The van der Waals surface area contributed by atoms with Gasteiger partial charge in [-0.25, -0.2) is 0 Å². The van der Waals surface area contributed by atoms with Crippen molar-refractivity contribution in [3.8, 4) is 0 Å². The van der Waals surface area contributed by atoms with Gasteiger partial charge < -0.3 is 10.4 Å². The van der Waals surface area contributed by atoms with E-state index in [0.29, 0.717) is 18.5 Å². The van der Waals surface area contributed by atoms with Gasteiger partial charge in [0.25, 0.3) is 5.91 Å². The van der Waals surface area contributed by atoms with Crippen LogP contribution in [0.1, 0.15) is 49.7 Å². The van der Waals surface area contributed by atoms with Crippen molar-refractivity contribution in [3.05, 3.63) is 29.6 Å². The molecule has 1 aromatic heterocycles. The van der Waals surface area contributed by atoms with Crippen molar-refractivity contribution in [1.82, 2.24) is 10.3 Å². The Hall–Kier alpha value is -1.91. The van der Waals surface area contributed by atoms with Crippen molar-refractivity contribution >= 4 is 11.9 Å². The molecule has 0 unspecified atom stereocenters. The van der Waals surface area contributed by atoms with Crippen LogP contribution in [0.3, 0.4) is 0 Å². The topological polar surface area (TPSA) is 79.3 Å². The van der Waals surface area contributed by atoms with Crippen LogP contribution in [0.2, 0.25) is 0 Å². The molecule has 2 N–H and O–H groups in total. The van der Waals surface area contributed by atoms with Gasteiger partial charge in [-0.15, -0.1) is 0 Å². The molecule has 0 saturated heterocycles. The first-order valence-corrected chi connectivity index (χ1v) is 6.73. The summed E-state index contributed by atoms with van der Waals surface area (Å²) in [6.07, 6.45) is 2.94. The van der Waals surface area contributed by atoms with E-state index in [4.69, 9.17) is 5.11 Å². The zero-order chi connectivity index (χ0) is 15.0. The van der Waals surface area contributed by atoms with Crippen LogP contribution in [0, 0.1) is 5.41 Å². The summed E-state index contributed by atoms with van der Waals surface area (Å²) in [5.74, 6) is -1.16. The van der Waals surface area contributed by atoms with Gasteiger partial charge in [-0.05, 0) is 29.9 Å². The van der Waals surface area contributed by atoms with Crippen LogP contribution >= 0.6 is 0 Å². The van der Waals surface area contributed by atoms with E-state index in [0.717, 1.165) is 5.56 Å². The van der Waals surface area contributed by atoms with Gasteiger partial charge in [0, 0.05) is 12.7 Å². The Labute approximate surface area is 118 Å². The lowest BCUT2D eigenvalue weighted by atomic mass is 9.88. The smallest absolute Gasteiger partial charge is 0.311 e. The molecule has 20 heavy (non-hydrogen) atoms. The van der Waals surface area contributed by atoms with E-state index in [2.05, 4.69) is 31.1 Å². The Morgan fingerprint density at radius 2 is 2.00 bits per heavy atom. The van der Waals surface area contributed by atoms with E-state index < -0.39 is 11.4 Å².